The highest BCUT2D eigenvalue weighted by Crippen LogP contribution is 2.16. The van der Waals surface area contributed by atoms with Crippen molar-refractivity contribution in [1.29, 1.82) is 0 Å². The number of methoxy groups -OCH3 is 1. The van der Waals surface area contributed by atoms with Gasteiger partial charge in [0.2, 0.25) is 0 Å². The van der Waals surface area contributed by atoms with Crippen molar-refractivity contribution in [3.05, 3.63) is 57.7 Å². The van der Waals surface area contributed by atoms with Crippen LogP contribution in [0.25, 0.3) is 0 Å². The number of ketones is 1. The van der Waals surface area contributed by atoms with Crippen molar-refractivity contribution in [1.82, 2.24) is 0 Å². The zero-order valence-corrected chi connectivity index (χ0v) is 24.6. The van der Waals surface area contributed by atoms with Gasteiger partial charge >= 0.3 is 0 Å². The van der Waals surface area contributed by atoms with Gasteiger partial charge in [-0.2, -0.15) is 0 Å². The van der Waals surface area contributed by atoms with Crippen molar-refractivity contribution in [2.45, 2.75) is 124 Å². The fourth-order valence-corrected chi connectivity index (χ4v) is 3.70. The van der Waals surface area contributed by atoms with E-state index in [1.54, 1.807) is 13.2 Å². The third-order valence-electron chi connectivity index (χ3n) is 6.11. The average molecular weight is 536 g/mol. The van der Waals surface area contributed by atoms with Crippen molar-refractivity contribution in [2.24, 2.45) is 5.92 Å². The minimum absolute atomic E-state index is 0.0233. The summed E-state index contributed by atoms with van der Waals surface area (Å²) in [6, 6.07) is 7.28. The number of unbranched alkanes of at least 4 members (excludes halogenated alkanes) is 6. The topological polar surface area (TPSA) is 95.7 Å². The number of rotatable bonds is 20. The minimum Gasteiger partial charge on any atom is -0.380 e. The van der Waals surface area contributed by atoms with Crippen LogP contribution >= 0.6 is 0 Å². The number of hydrogen-bond donors (Lipinski definition) is 0. The Labute approximate surface area is 231 Å². The summed E-state index contributed by atoms with van der Waals surface area (Å²) in [5.41, 5.74) is 1.73. The summed E-state index contributed by atoms with van der Waals surface area (Å²) < 4.78 is 4.93. The summed E-state index contributed by atoms with van der Waals surface area (Å²) in [5, 5.41) is 9.14. The first-order chi connectivity index (χ1) is 18.4. The predicted molar refractivity (Wildman–Crippen MR) is 155 cm³/mol. The van der Waals surface area contributed by atoms with Gasteiger partial charge in [0.05, 0.1) is 6.61 Å². The van der Waals surface area contributed by atoms with Crippen molar-refractivity contribution in [3.63, 3.8) is 0 Å². The fraction of sp³-hybridized carbons (Fsp3) is 0.677. The van der Waals surface area contributed by atoms with Gasteiger partial charge in [0.1, 0.15) is 18.7 Å². The number of aldehydes is 1. The first-order valence-corrected chi connectivity index (χ1v) is 14.3. The minimum atomic E-state index is -0.803. The van der Waals surface area contributed by atoms with Crippen LogP contribution in [-0.2, 0) is 32.4 Å². The summed E-state index contributed by atoms with van der Waals surface area (Å²) in [6.45, 7) is 9.13. The third-order valence-corrected chi connectivity index (χ3v) is 6.11. The normalized spacial score (nSPS) is 10.4. The quantitative estimate of drug-likeness (QED) is 0.0545. The molecule has 0 amide bonds. The molecule has 1 rings (SSSR count). The molecule has 0 fully saturated rings. The molecule has 7 heteroatoms. The molecule has 0 aliphatic rings. The van der Waals surface area contributed by atoms with Gasteiger partial charge in [-0.3, -0.25) is 4.79 Å². The first-order valence-electron chi connectivity index (χ1n) is 14.3. The van der Waals surface area contributed by atoms with Crippen LogP contribution in [0.3, 0.4) is 0 Å². The average Bonchev–Trinajstić information content (AvgIpc) is 2.92. The predicted octanol–water partition coefficient (Wildman–Crippen LogP) is 8.61. The number of hydrogen-bond acceptors (Lipinski definition) is 6. The molecule has 0 radical (unpaired) electrons. The zero-order valence-electron chi connectivity index (χ0n) is 24.6. The molecule has 0 saturated carbocycles. The number of carbonyl (C=O) groups is 2. The lowest BCUT2D eigenvalue weighted by Crippen LogP contribution is -2.03. The van der Waals surface area contributed by atoms with Crippen molar-refractivity contribution < 1.29 is 24.3 Å². The highest BCUT2D eigenvalue weighted by molar-refractivity contribution is 5.78. The van der Waals surface area contributed by atoms with Crippen LogP contribution in [0, 0.1) is 16.0 Å². The number of benzene rings is 1. The van der Waals surface area contributed by atoms with Gasteiger partial charge in [-0.1, -0.05) is 95.7 Å². The summed E-state index contributed by atoms with van der Waals surface area (Å²) in [4.78, 5) is 35.5. The second-order valence-electron chi connectivity index (χ2n) is 9.34. The maximum absolute atomic E-state index is 11.6. The van der Waals surface area contributed by atoms with Crippen molar-refractivity contribution >= 4 is 12.1 Å². The molecule has 0 atom stereocenters. The lowest BCUT2D eigenvalue weighted by atomic mass is 9.95. The highest BCUT2D eigenvalue weighted by atomic mass is 16.9. The summed E-state index contributed by atoms with van der Waals surface area (Å²) in [5.74, 6) is 1.26. The third kappa shape index (κ3) is 26.5. The molecule has 0 bridgehead atoms. The first kappa shape index (κ1) is 37.6. The molecule has 38 heavy (non-hydrogen) atoms. The van der Waals surface area contributed by atoms with E-state index in [1.165, 1.54) is 38.5 Å². The van der Waals surface area contributed by atoms with Crippen LogP contribution in [0.5, 0.6) is 0 Å². The Bertz CT molecular complexity index is 731. The number of ether oxygens (including phenoxy) is 1. The van der Waals surface area contributed by atoms with E-state index in [4.69, 9.17) is 4.74 Å². The Morgan fingerprint density at radius 2 is 1.63 bits per heavy atom. The van der Waals surface area contributed by atoms with Crippen molar-refractivity contribution in [2.75, 3.05) is 7.11 Å². The molecule has 0 spiro atoms. The monoisotopic (exact) mass is 535 g/mol. The Hall–Kier alpha value is -2.54. The molecule has 1 aromatic rings. The number of carbonyl (C=O) groups excluding carboxylic acids is 2. The molecule has 0 aliphatic heterocycles. The van der Waals surface area contributed by atoms with E-state index in [2.05, 4.69) is 31.7 Å². The van der Waals surface area contributed by atoms with Crippen LogP contribution < -0.4 is 0 Å². The van der Waals surface area contributed by atoms with E-state index in [0.717, 1.165) is 61.9 Å². The van der Waals surface area contributed by atoms with Gasteiger partial charge in [0, 0.05) is 26.4 Å². The Kier molecular flexibility index (Phi) is 28.7. The maximum Gasteiger partial charge on any atom is 0.294 e. The fourth-order valence-electron chi connectivity index (χ4n) is 3.70. The second-order valence-corrected chi connectivity index (χ2v) is 9.34. The van der Waals surface area contributed by atoms with E-state index < -0.39 is 5.09 Å². The zero-order chi connectivity index (χ0) is 28.9. The van der Waals surface area contributed by atoms with E-state index in [-0.39, 0.29) is 6.61 Å². The van der Waals surface area contributed by atoms with Crippen LogP contribution in [0.4, 0.5) is 0 Å². The van der Waals surface area contributed by atoms with E-state index >= 15 is 0 Å². The lowest BCUT2D eigenvalue weighted by molar-refractivity contribution is -0.763. The Morgan fingerprint density at radius 1 is 0.974 bits per heavy atom. The molecule has 0 aromatic heterocycles. The highest BCUT2D eigenvalue weighted by Gasteiger charge is 2.07. The van der Waals surface area contributed by atoms with E-state index in [9.17, 15) is 19.7 Å². The molecule has 0 N–H and O–H groups in total. The Balaban J connectivity index is 0. The molecule has 1 aromatic carbocycles. The van der Waals surface area contributed by atoms with Crippen molar-refractivity contribution in [3.8, 4) is 0 Å². The SMILES string of the molecule is C/C=C\CCCC=O.CCCCCCCC(=O)CCC(CC)CC.COCc1cccc(CO[N+](=O)[O-])c1. The van der Waals surface area contributed by atoms with E-state index in [0.29, 0.717) is 18.8 Å². The van der Waals surface area contributed by atoms with Gasteiger partial charge < -0.3 is 14.4 Å². The second kappa shape index (κ2) is 29.0. The molecule has 0 aliphatic carbocycles. The lowest BCUT2D eigenvalue weighted by Gasteiger charge is -2.10. The largest absolute Gasteiger partial charge is 0.380 e. The molecule has 0 heterocycles. The van der Waals surface area contributed by atoms with Gasteiger partial charge in [0.25, 0.3) is 5.09 Å². The molecule has 218 valence electrons. The molecular formula is C31H53NO6. The summed E-state index contributed by atoms with van der Waals surface area (Å²) >= 11 is 0. The van der Waals surface area contributed by atoms with Crippen LogP contribution in [0.1, 0.15) is 122 Å². The summed E-state index contributed by atoms with van der Waals surface area (Å²) in [6.07, 6.45) is 19.2. The number of Topliss-reactive ketones (excluding diaryl/α,β-unsaturated/α-hetero) is 1. The van der Waals surface area contributed by atoms with Gasteiger partial charge in [-0.05, 0) is 49.7 Å². The number of allylic oxidation sites excluding steroid dienone is 2. The van der Waals surface area contributed by atoms with Crippen LogP contribution in [0.2, 0.25) is 0 Å². The molecule has 0 unspecified atom stereocenters. The van der Waals surface area contributed by atoms with Gasteiger partial charge in [-0.25, -0.2) is 0 Å². The smallest absolute Gasteiger partial charge is 0.294 e. The van der Waals surface area contributed by atoms with Crippen LogP contribution in [0.15, 0.2) is 36.4 Å². The standard InChI is InChI=1S/C15H30O.C9H11NO4.C7H12O/c1-4-7-8-9-10-11-15(16)13-12-14(5-2)6-3;1-13-6-8-3-2-4-9(5-8)7-14-10(11)12;1-2-3-4-5-6-7-8/h14H,4-13H2,1-3H3;2-5H,6-7H2,1H3;2-3,7H,4-6H2,1H3/b;;3-2-. The molecule has 0 saturated heterocycles. The maximum atomic E-state index is 11.6. The number of nitrogens with zero attached hydrogens (tertiary/aromatic N) is 1. The van der Waals surface area contributed by atoms with Gasteiger partial charge in [-0.15, -0.1) is 10.1 Å². The molecular weight excluding hydrogens is 482 g/mol. The molecule has 7 nitrogen and oxygen atoms in total. The van der Waals surface area contributed by atoms with Gasteiger partial charge in [0.15, 0.2) is 0 Å². The Morgan fingerprint density at radius 3 is 2.18 bits per heavy atom. The summed E-state index contributed by atoms with van der Waals surface area (Å²) in [7, 11) is 1.60. The van der Waals surface area contributed by atoms with Crippen LogP contribution in [-0.4, -0.2) is 24.3 Å². The van der Waals surface area contributed by atoms with E-state index in [1.807, 2.05) is 31.2 Å².